The van der Waals surface area contributed by atoms with E-state index >= 15 is 0 Å². The summed E-state index contributed by atoms with van der Waals surface area (Å²) in [5.41, 5.74) is 7.77. The quantitative estimate of drug-likeness (QED) is 0.567. The van der Waals surface area contributed by atoms with E-state index in [9.17, 15) is 4.79 Å². The monoisotopic (exact) mass is 314 g/mol. The third-order valence-electron chi connectivity index (χ3n) is 2.35. The standard InChI is InChI=1S/C11H15BrN4O2/c1-6-7(12)3-4-8(15-6)11(13)9(16(2)14)5-10(17)18/h3-4H,5,13-14H2,1-2H3,(H,17,18)/b11-9-. The Morgan fingerprint density at radius 1 is 1.56 bits per heavy atom. The highest BCUT2D eigenvalue weighted by Gasteiger charge is 2.14. The Bertz CT molecular complexity index is 500. The van der Waals surface area contributed by atoms with Gasteiger partial charge in [-0.05, 0) is 35.0 Å². The first kappa shape index (κ1) is 14.5. The van der Waals surface area contributed by atoms with Crippen molar-refractivity contribution in [2.45, 2.75) is 13.3 Å². The smallest absolute Gasteiger partial charge is 0.309 e. The summed E-state index contributed by atoms with van der Waals surface area (Å²) in [6.45, 7) is 1.82. The van der Waals surface area contributed by atoms with Crippen LogP contribution in [0.1, 0.15) is 17.8 Å². The molecule has 0 radical (unpaired) electrons. The van der Waals surface area contributed by atoms with Crippen molar-refractivity contribution >= 4 is 27.6 Å². The van der Waals surface area contributed by atoms with Crippen molar-refractivity contribution in [3.63, 3.8) is 0 Å². The van der Waals surface area contributed by atoms with Gasteiger partial charge in [-0.25, -0.2) is 5.84 Å². The zero-order valence-corrected chi connectivity index (χ0v) is 11.7. The first-order chi connectivity index (χ1) is 8.32. The molecule has 6 nitrogen and oxygen atoms in total. The number of aliphatic carboxylic acids is 1. The van der Waals surface area contributed by atoms with Gasteiger partial charge in [-0.1, -0.05) is 0 Å². The lowest BCUT2D eigenvalue weighted by Gasteiger charge is -2.18. The number of nitrogens with two attached hydrogens (primary N) is 2. The molecule has 1 aromatic heterocycles. The van der Waals surface area contributed by atoms with E-state index < -0.39 is 5.97 Å². The van der Waals surface area contributed by atoms with Crippen LogP contribution in [0.2, 0.25) is 0 Å². The predicted molar refractivity (Wildman–Crippen MR) is 72.0 cm³/mol. The van der Waals surface area contributed by atoms with E-state index in [1.165, 1.54) is 12.1 Å². The molecule has 1 rings (SSSR count). The summed E-state index contributed by atoms with van der Waals surface area (Å²) in [6.07, 6.45) is -0.254. The number of aromatic nitrogens is 1. The lowest BCUT2D eigenvalue weighted by Crippen LogP contribution is -2.29. The van der Waals surface area contributed by atoms with Crippen LogP contribution in [0.4, 0.5) is 0 Å². The average Bonchev–Trinajstić information content (AvgIpc) is 2.28. The van der Waals surface area contributed by atoms with Crippen LogP contribution in [0, 0.1) is 6.92 Å². The molecule has 0 saturated heterocycles. The molecule has 0 aromatic carbocycles. The lowest BCUT2D eigenvalue weighted by atomic mass is 10.2. The van der Waals surface area contributed by atoms with Crippen LogP contribution >= 0.6 is 15.9 Å². The zero-order valence-electron chi connectivity index (χ0n) is 10.1. The normalized spacial score (nSPS) is 12.0. The lowest BCUT2D eigenvalue weighted by molar-refractivity contribution is -0.136. The Hall–Kier alpha value is -1.60. The van der Waals surface area contributed by atoms with Gasteiger partial charge in [0.1, 0.15) is 0 Å². The number of rotatable bonds is 4. The largest absolute Gasteiger partial charge is 0.481 e. The fourth-order valence-corrected chi connectivity index (χ4v) is 1.62. The zero-order chi connectivity index (χ0) is 13.9. The van der Waals surface area contributed by atoms with Gasteiger partial charge < -0.3 is 15.8 Å². The summed E-state index contributed by atoms with van der Waals surface area (Å²) in [5, 5.41) is 10.0. The maximum atomic E-state index is 10.8. The van der Waals surface area contributed by atoms with Crippen molar-refractivity contribution < 1.29 is 9.90 Å². The summed E-state index contributed by atoms with van der Waals surface area (Å²) in [6, 6.07) is 3.51. The summed E-state index contributed by atoms with van der Waals surface area (Å²) >= 11 is 3.34. The molecule has 0 atom stereocenters. The van der Waals surface area contributed by atoms with E-state index in [1.807, 2.05) is 6.92 Å². The molecule has 98 valence electrons. The predicted octanol–water partition coefficient (Wildman–Crippen LogP) is 1.06. The molecule has 0 bridgehead atoms. The second-order valence-electron chi connectivity index (χ2n) is 3.81. The van der Waals surface area contributed by atoms with E-state index in [4.69, 9.17) is 16.7 Å². The number of carbonyl (C=O) groups is 1. The summed E-state index contributed by atoms with van der Waals surface area (Å²) in [4.78, 5) is 15.0. The Labute approximate surface area is 113 Å². The van der Waals surface area contributed by atoms with E-state index in [0.29, 0.717) is 11.4 Å². The number of hydrogen-bond acceptors (Lipinski definition) is 5. The molecule has 1 heterocycles. The second-order valence-corrected chi connectivity index (χ2v) is 4.66. The summed E-state index contributed by atoms with van der Waals surface area (Å²) in [7, 11) is 1.54. The van der Waals surface area contributed by atoms with Crippen molar-refractivity contribution in [2.24, 2.45) is 11.6 Å². The number of hydrogen-bond donors (Lipinski definition) is 3. The van der Waals surface area contributed by atoms with Crippen LogP contribution < -0.4 is 11.6 Å². The molecule has 5 N–H and O–H groups in total. The van der Waals surface area contributed by atoms with E-state index in [1.54, 1.807) is 12.1 Å². The highest BCUT2D eigenvalue weighted by Crippen LogP contribution is 2.19. The van der Waals surface area contributed by atoms with Gasteiger partial charge in [0, 0.05) is 11.5 Å². The number of carboxylic acids is 1. The number of halogens is 1. The molecule has 0 unspecified atom stereocenters. The van der Waals surface area contributed by atoms with Gasteiger partial charge in [0.15, 0.2) is 0 Å². The maximum absolute atomic E-state index is 10.8. The van der Waals surface area contributed by atoms with Gasteiger partial charge in [-0.3, -0.25) is 9.78 Å². The van der Waals surface area contributed by atoms with Gasteiger partial charge in [0.2, 0.25) is 0 Å². The molecule has 18 heavy (non-hydrogen) atoms. The van der Waals surface area contributed by atoms with Crippen LogP contribution in [0.5, 0.6) is 0 Å². The highest BCUT2D eigenvalue weighted by molar-refractivity contribution is 9.10. The van der Waals surface area contributed by atoms with Crippen LogP contribution in [0.3, 0.4) is 0 Å². The van der Waals surface area contributed by atoms with E-state index in [2.05, 4.69) is 20.9 Å². The van der Waals surface area contributed by atoms with Crippen LogP contribution in [0.25, 0.3) is 5.70 Å². The fourth-order valence-electron chi connectivity index (χ4n) is 1.40. The third-order valence-corrected chi connectivity index (χ3v) is 3.19. The van der Waals surface area contributed by atoms with Crippen LogP contribution in [0.15, 0.2) is 22.3 Å². The van der Waals surface area contributed by atoms with Crippen molar-refractivity contribution in [3.8, 4) is 0 Å². The number of hydrazine groups is 1. The minimum absolute atomic E-state index is 0.254. The number of aryl methyl sites for hydroxylation is 1. The number of pyridine rings is 1. The Morgan fingerprint density at radius 3 is 2.61 bits per heavy atom. The minimum atomic E-state index is -1.00. The van der Waals surface area contributed by atoms with Crippen LogP contribution in [-0.4, -0.2) is 28.1 Å². The highest BCUT2D eigenvalue weighted by atomic mass is 79.9. The Balaban J connectivity index is 3.24. The Morgan fingerprint density at radius 2 is 2.17 bits per heavy atom. The second kappa shape index (κ2) is 5.83. The van der Waals surface area contributed by atoms with Gasteiger partial charge in [0.05, 0.1) is 29.2 Å². The topological polar surface area (TPSA) is 105 Å². The van der Waals surface area contributed by atoms with Gasteiger partial charge in [-0.2, -0.15) is 0 Å². The molecule has 0 spiro atoms. The molecule has 0 aliphatic heterocycles. The fraction of sp³-hybridized carbons (Fsp3) is 0.273. The molecule has 0 aliphatic rings. The number of carboxylic acid groups (broad SMARTS) is 1. The summed E-state index contributed by atoms with van der Waals surface area (Å²) in [5.74, 6) is 4.59. The van der Waals surface area contributed by atoms with Crippen molar-refractivity contribution in [1.29, 1.82) is 0 Å². The minimum Gasteiger partial charge on any atom is -0.481 e. The van der Waals surface area contributed by atoms with E-state index in [-0.39, 0.29) is 12.1 Å². The molecule has 0 aliphatic carbocycles. The van der Waals surface area contributed by atoms with Crippen molar-refractivity contribution in [2.75, 3.05) is 7.05 Å². The van der Waals surface area contributed by atoms with Crippen LogP contribution in [-0.2, 0) is 4.79 Å². The first-order valence-corrected chi connectivity index (χ1v) is 5.94. The molecule has 0 saturated carbocycles. The van der Waals surface area contributed by atoms with Crippen molar-refractivity contribution in [3.05, 3.63) is 33.7 Å². The SMILES string of the molecule is Cc1nc(/C(N)=C(\CC(=O)O)N(C)N)ccc1Br. The van der Waals surface area contributed by atoms with Gasteiger partial charge in [-0.15, -0.1) is 0 Å². The molecular formula is C11H15BrN4O2. The van der Waals surface area contributed by atoms with Crippen molar-refractivity contribution in [1.82, 2.24) is 9.99 Å². The van der Waals surface area contributed by atoms with Gasteiger partial charge >= 0.3 is 5.97 Å². The Kier molecular flexibility index (Phi) is 4.69. The maximum Gasteiger partial charge on any atom is 0.309 e. The average molecular weight is 315 g/mol. The summed E-state index contributed by atoms with van der Waals surface area (Å²) < 4.78 is 0.861. The molecule has 1 aromatic rings. The van der Waals surface area contributed by atoms with Gasteiger partial charge in [0.25, 0.3) is 0 Å². The molecule has 0 amide bonds. The first-order valence-electron chi connectivity index (χ1n) is 5.15. The molecular weight excluding hydrogens is 300 g/mol. The number of nitrogens with zero attached hydrogens (tertiary/aromatic N) is 2. The molecule has 7 heteroatoms. The van der Waals surface area contributed by atoms with E-state index in [0.717, 1.165) is 10.2 Å². The third kappa shape index (κ3) is 3.44. The molecule has 0 fully saturated rings.